The van der Waals surface area contributed by atoms with E-state index >= 15 is 0 Å². The Bertz CT molecular complexity index is 687. The van der Waals surface area contributed by atoms with Crippen LogP contribution in [0, 0.1) is 0 Å². The van der Waals surface area contributed by atoms with Crippen LogP contribution in [0.5, 0.6) is 0 Å². The van der Waals surface area contributed by atoms with Gasteiger partial charge in [-0.1, -0.05) is 12.8 Å². The fraction of sp³-hybridized carbons (Fsp3) is 0.750. The number of nitrogens with zero attached hydrogens (tertiary/aromatic N) is 4. The first-order chi connectivity index (χ1) is 13.3. The summed E-state index contributed by atoms with van der Waals surface area (Å²) in [7, 11) is 0. The third kappa shape index (κ3) is 7.04. The van der Waals surface area contributed by atoms with Crippen LogP contribution in [0.2, 0.25) is 0 Å². The highest BCUT2D eigenvalue weighted by Gasteiger charge is 2.34. The first-order valence-corrected chi connectivity index (χ1v) is 10.4. The largest absolute Gasteiger partial charge is 0.444 e. The van der Waals surface area contributed by atoms with Crippen molar-refractivity contribution in [2.24, 2.45) is 4.99 Å². The van der Waals surface area contributed by atoms with Crippen molar-refractivity contribution < 1.29 is 9.53 Å². The molecule has 9 heteroatoms. The van der Waals surface area contributed by atoms with Crippen molar-refractivity contribution in [2.45, 2.75) is 77.6 Å². The Morgan fingerprint density at radius 3 is 2.62 bits per heavy atom. The summed E-state index contributed by atoms with van der Waals surface area (Å²) >= 11 is 0. The molecule has 2 heterocycles. The van der Waals surface area contributed by atoms with Gasteiger partial charge in [-0.3, -0.25) is 4.68 Å². The summed E-state index contributed by atoms with van der Waals surface area (Å²) in [5.41, 5.74) is 0.515. The molecule has 29 heavy (non-hydrogen) atoms. The second kappa shape index (κ2) is 10.5. The van der Waals surface area contributed by atoms with Gasteiger partial charge >= 0.3 is 6.09 Å². The summed E-state index contributed by atoms with van der Waals surface area (Å²) in [4.78, 5) is 18.4. The van der Waals surface area contributed by atoms with Crippen molar-refractivity contribution in [3.8, 4) is 0 Å². The maximum atomic E-state index is 12.0. The first kappa shape index (κ1) is 23.8. The number of rotatable bonds is 5. The predicted octanol–water partition coefficient (Wildman–Crippen LogP) is 3.29. The minimum atomic E-state index is -0.464. The minimum absolute atomic E-state index is 0. The number of amides is 1. The molecule has 8 nitrogen and oxygen atoms in total. The molecule has 1 aliphatic carbocycles. The molecule has 1 aromatic heterocycles. The van der Waals surface area contributed by atoms with E-state index in [-0.39, 0.29) is 36.1 Å². The van der Waals surface area contributed by atoms with Crippen LogP contribution >= 0.6 is 24.0 Å². The monoisotopic (exact) mass is 518 g/mol. The summed E-state index contributed by atoms with van der Waals surface area (Å²) in [6.45, 7) is 10.2. The highest BCUT2D eigenvalue weighted by Crippen LogP contribution is 2.28. The van der Waals surface area contributed by atoms with Crippen LogP contribution in [0.4, 0.5) is 4.79 Å². The van der Waals surface area contributed by atoms with Crippen LogP contribution in [0.15, 0.2) is 17.3 Å². The minimum Gasteiger partial charge on any atom is -0.444 e. The van der Waals surface area contributed by atoms with Crippen LogP contribution in [0.1, 0.15) is 65.1 Å². The molecule has 1 saturated carbocycles. The molecule has 0 radical (unpaired) electrons. The van der Waals surface area contributed by atoms with Crippen molar-refractivity contribution in [3.63, 3.8) is 0 Å². The number of carbonyl (C=O) groups excluding carboxylic acids is 1. The van der Waals surface area contributed by atoms with Gasteiger partial charge in [0.15, 0.2) is 5.96 Å². The molecule has 164 valence electrons. The number of ether oxygens (including phenoxy) is 1. The topological polar surface area (TPSA) is 83.8 Å². The Labute approximate surface area is 190 Å². The lowest BCUT2D eigenvalue weighted by Crippen LogP contribution is -2.63. The van der Waals surface area contributed by atoms with Crippen molar-refractivity contribution in [3.05, 3.63) is 18.0 Å². The van der Waals surface area contributed by atoms with Crippen LogP contribution < -0.4 is 10.6 Å². The second-order valence-corrected chi connectivity index (χ2v) is 8.65. The van der Waals surface area contributed by atoms with Crippen LogP contribution in [-0.4, -0.2) is 58.0 Å². The van der Waals surface area contributed by atoms with E-state index in [9.17, 15) is 4.79 Å². The molecule has 0 spiro atoms. The summed E-state index contributed by atoms with van der Waals surface area (Å²) in [5, 5.41) is 11.3. The fourth-order valence-electron chi connectivity index (χ4n) is 3.55. The van der Waals surface area contributed by atoms with Gasteiger partial charge in [-0.25, -0.2) is 9.79 Å². The lowest BCUT2D eigenvalue weighted by molar-refractivity contribution is 0.00701. The molecule has 0 atom stereocenters. The van der Waals surface area contributed by atoms with Crippen LogP contribution in [0.3, 0.4) is 0 Å². The molecule has 0 aromatic carbocycles. The van der Waals surface area contributed by atoms with Gasteiger partial charge in [-0.15, -0.1) is 24.0 Å². The lowest BCUT2D eigenvalue weighted by atomic mass is 10.1. The Kier molecular flexibility index (Phi) is 8.59. The molecule has 3 rings (SSSR count). The van der Waals surface area contributed by atoms with Crippen molar-refractivity contribution in [1.82, 2.24) is 25.3 Å². The van der Waals surface area contributed by atoms with E-state index in [0.717, 1.165) is 18.2 Å². The highest BCUT2D eigenvalue weighted by atomic mass is 127. The number of aromatic nitrogens is 2. The molecule has 2 N–H and O–H groups in total. The van der Waals surface area contributed by atoms with E-state index < -0.39 is 5.60 Å². The summed E-state index contributed by atoms with van der Waals surface area (Å²) in [6, 6.07) is 2.79. The third-order valence-corrected chi connectivity index (χ3v) is 4.98. The maximum absolute atomic E-state index is 12.0. The zero-order chi connectivity index (χ0) is 20.1. The SMILES string of the molecule is CCNC(=NCc1ccn(C2CCCC2)n1)NC1CN(C(=O)OC(C)(C)C)C1.I. The smallest absolute Gasteiger partial charge is 0.410 e. The first-order valence-electron chi connectivity index (χ1n) is 10.4. The number of aliphatic imine (C=N–C) groups is 1. The van der Waals surface area contributed by atoms with Crippen LogP contribution in [0.25, 0.3) is 0 Å². The predicted molar refractivity (Wildman–Crippen MR) is 125 cm³/mol. The third-order valence-electron chi connectivity index (χ3n) is 4.98. The lowest BCUT2D eigenvalue weighted by Gasteiger charge is -2.40. The normalized spacial score (nSPS) is 18.2. The van der Waals surface area contributed by atoms with Gasteiger partial charge < -0.3 is 20.3 Å². The molecule has 0 unspecified atom stereocenters. The number of hydrogen-bond donors (Lipinski definition) is 2. The number of halogens is 1. The van der Waals surface area contributed by atoms with Crippen molar-refractivity contribution >= 4 is 36.0 Å². The Morgan fingerprint density at radius 2 is 2.00 bits per heavy atom. The number of guanidine groups is 1. The molecular weight excluding hydrogens is 483 g/mol. The van der Waals surface area contributed by atoms with E-state index in [2.05, 4.69) is 32.6 Å². The Balaban J connectivity index is 0.00000300. The van der Waals surface area contributed by atoms with E-state index in [1.165, 1.54) is 25.7 Å². The zero-order valence-corrected chi connectivity index (χ0v) is 20.3. The standard InChI is InChI=1S/C20H34N6O2.HI/c1-5-21-18(23-16-13-25(14-16)19(27)28-20(2,3)4)22-12-15-10-11-26(24-15)17-8-6-7-9-17;/h10-11,16-17H,5-9,12-14H2,1-4H3,(H2,21,22,23);1H. The molecule has 2 fully saturated rings. The summed E-state index contributed by atoms with van der Waals surface area (Å²) in [6.07, 6.45) is 6.87. The van der Waals surface area contributed by atoms with Gasteiger partial charge in [0.25, 0.3) is 0 Å². The number of likely N-dealkylation sites (tertiary alicyclic amines) is 1. The van der Waals surface area contributed by atoms with Crippen molar-refractivity contribution in [1.29, 1.82) is 0 Å². The molecule has 1 amide bonds. The average Bonchev–Trinajstić information content (AvgIpc) is 3.24. The Morgan fingerprint density at radius 1 is 1.31 bits per heavy atom. The van der Waals surface area contributed by atoms with Gasteiger partial charge in [0.05, 0.1) is 24.3 Å². The van der Waals surface area contributed by atoms with E-state index in [4.69, 9.17) is 9.84 Å². The van der Waals surface area contributed by atoms with E-state index in [1.807, 2.05) is 27.7 Å². The van der Waals surface area contributed by atoms with E-state index in [1.54, 1.807) is 4.90 Å². The molecule has 2 aliphatic rings. The average molecular weight is 518 g/mol. The molecule has 0 bridgehead atoms. The molecule has 1 aliphatic heterocycles. The summed E-state index contributed by atoms with van der Waals surface area (Å²) < 4.78 is 7.50. The molecule has 1 aromatic rings. The van der Waals surface area contributed by atoms with Gasteiger partial charge in [0.2, 0.25) is 0 Å². The number of nitrogens with one attached hydrogen (secondary N) is 2. The van der Waals surface area contributed by atoms with Gasteiger partial charge in [0, 0.05) is 25.8 Å². The highest BCUT2D eigenvalue weighted by molar-refractivity contribution is 14.0. The Hall–Kier alpha value is -1.52. The zero-order valence-electron chi connectivity index (χ0n) is 18.0. The van der Waals surface area contributed by atoms with Gasteiger partial charge in [-0.2, -0.15) is 5.10 Å². The number of carbonyl (C=O) groups is 1. The molecule has 1 saturated heterocycles. The fourth-order valence-corrected chi connectivity index (χ4v) is 3.55. The maximum Gasteiger partial charge on any atom is 0.410 e. The van der Waals surface area contributed by atoms with E-state index in [0.29, 0.717) is 25.7 Å². The molecular formula is C20H35IN6O2. The quantitative estimate of drug-likeness (QED) is 0.355. The van der Waals surface area contributed by atoms with Crippen molar-refractivity contribution in [2.75, 3.05) is 19.6 Å². The number of hydrogen-bond acceptors (Lipinski definition) is 4. The van der Waals surface area contributed by atoms with Crippen LogP contribution in [-0.2, 0) is 11.3 Å². The van der Waals surface area contributed by atoms with Gasteiger partial charge in [-0.05, 0) is 46.6 Å². The van der Waals surface area contributed by atoms with Gasteiger partial charge in [0.1, 0.15) is 5.60 Å². The summed E-state index contributed by atoms with van der Waals surface area (Å²) in [5.74, 6) is 0.756. The second-order valence-electron chi connectivity index (χ2n) is 8.65.